The number of pyridine rings is 1. The number of amides is 1. The summed E-state index contributed by atoms with van der Waals surface area (Å²) in [4.78, 5) is 20.7. The van der Waals surface area contributed by atoms with Gasteiger partial charge in [0.1, 0.15) is 0 Å². The zero-order valence-corrected chi connectivity index (χ0v) is 16.8. The Bertz CT molecular complexity index is 1120. The standard InChI is InChI=1S/C22H21N5OS/c1-15-18(21(23)28)12-20(27(15)11-9-16-6-3-2-4-7-16)19-14-29-22(26-19)25-17-8-5-10-24-13-17/h2-8,10,12-14H,9,11H2,1H3,(H2,23,28)(H,25,26). The topological polar surface area (TPSA) is 85.8 Å². The first-order valence-corrected chi connectivity index (χ1v) is 10.2. The second kappa shape index (κ2) is 8.28. The molecule has 0 saturated heterocycles. The van der Waals surface area contributed by atoms with Crippen molar-refractivity contribution in [3.8, 4) is 11.4 Å². The highest BCUT2D eigenvalue weighted by molar-refractivity contribution is 7.14. The van der Waals surface area contributed by atoms with Crippen LogP contribution in [-0.4, -0.2) is 20.4 Å². The van der Waals surface area contributed by atoms with Gasteiger partial charge in [0, 0.05) is 23.8 Å². The van der Waals surface area contributed by atoms with Crippen molar-refractivity contribution in [2.75, 3.05) is 5.32 Å². The van der Waals surface area contributed by atoms with Crippen LogP contribution in [0.1, 0.15) is 21.6 Å². The quantitative estimate of drug-likeness (QED) is 0.479. The normalized spacial score (nSPS) is 10.8. The first-order chi connectivity index (χ1) is 14.1. The number of primary amides is 1. The summed E-state index contributed by atoms with van der Waals surface area (Å²) in [6, 6.07) is 15.9. The molecule has 4 rings (SSSR count). The number of carbonyl (C=O) groups excluding carboxylic acids is 1. The third kappa shape index (κ3) is 4.20. The largest absolute Gasteiger partial charge is 0.366 e. The third-order valence-corrected chi connectivity index (χ3v) is 5.54. The number of thiazole rings is 1. The van der Waals surface area contributed by atoms with E-state index >= 15 is 0 Å². The van der Waals surface area contributed by atoms with Crippen LogP contribution < -0.4 is 11.1 Å². The number of benzene rings is 1. The number of rotatable bonds is 7. The summed E-state index contributed by atoms with van der Waals surface area (Å²) in [5, 5.41) is 6.01. The Labute approximate surface area is 173 Å². The van der Waals surface area contributed by atoms with Gasteiger partial charge in [-0.1, -0.05) is 30.3 Å². The van der Waals surface area contributed by atoms with E-state index in [0.717, 1.165) is 40.9 Å². The van der Waals surface area contributed by atoms with E-state index in [9.17, 15) is 4.79 Å². The fourth-order valence-corrected chi connectivity index (χ4v) is 4.01. The Morgan fingerprint density at radius 3 is 2.76 bits per heavy atom. The first kappa shape index (κ1) is 18.9. The second-order valence-corrected chi connectivity index (χ2v) is 7.54. The van der Waals surface area contributed by atoms with E-state index in [-0.39, 0.29) is 0 Å². The third-order valence-electron chi connectivity index (χ3n) is 4.78. The van der Waals surface area contributed by atoms with Crippen LogP contribution in [0.3, 0.4) is 0 Å². The number of hydrogen-bond donors (Lipinski definition) is 2. The predicted molar refractivity (Wildman–Crippen MR) is 116 cm³/mol. The lowest BCUT2D eigenvalue weighted by Crippen LogP contribution is -2.13. The van der Waals surface area contributed by atoms with Gasteiger partial charge in [-0.25, -0.2) is 4.98 Å². The van der Waals surface area contributed by atoms with E-state index in [2.05, 4.69) is 27.0 Å². The zero-order chi connectivity index (χ0) is 20.2. The van der Waals surface area contributed by atoms with E-state index in [1.54, 1.807) is 12.4 Å². The van der Waals surface area contributed by atoms with Crippen LogP contribution in [-0.2, 0) is 13.0 Å². The van der Waals surface area contributed by atoms with Crippen molar-refractivity contribution >= 4 is 28.1 Å². The van der Waals surface area contributed by atoms with E-state index < -0.39 is 5.91 Å². The van der Waals surface area contributed by atoms with Crippen molar-refractivity contribution in [3.05, 3.63) is 83.1 Å². The van der Waals surface area contributed by atoms with Gasteiger partial charge in [0.25, 0.3) is 5.91 Å². The average molecular weight is 404 g/mol. The van der Waals surface area contributed by atoms with Gasteiger partial charge in [-0.05, 0) is 37.1 Å². The SMILES string of the molecule is Cc1c(C(N)=O)cc(-c2csc(Nc3cccnc3)n2)n1CCc1ccccc1. The van der Waals surface area contributed by atoms with E-state index in [1.165, 1.54) is 16.9 Å². The van der Waals surface area contributed by atoms with Crippen LogP contribution in [0.5, 0.6) is 0 Å². The monoisotopic (exact) mass is 403 g/mol. The number of anilines is 2. The van der Waals surface area contributed by atoms with Crippen LogP contribution in [0.25, 0.3) is 11.4 Å². The molecule has 0 aliphatic rings. The number of nitrogens with zero attached hydrogens (tertiary/aromatic N) is 3. The van der Waals surface area contributed by atoms with Crippen molar-refractivity contribution in [3.63, 3.8) is 0 Å². The molecule has 6 nitrogen and oxygen atoms in total. The molecular formula is C22H21N5OS. The molecule has 29 heavy (non-hydrogen) atoms. The maximum Gasteiger partial charge on any atom is 0.250 e. The van der Waals surface area contributed by atoms with Gasteiger partial charge in [0.2, 0.25) is 0 Å². The van der Waals surface area contributed by atoms with Crippen molar-refractivity contribution in [1.29, 1.82) is 0 Å². The Morgan fingerprint density at radius 1 is 1.21 bits per heavy atom. The van der Waals surface area contributed by atoms with Gasteiger partial charge in [0.15, 0.2) is 5.13 Å². The summed E-state index contributed by atoms with van der Waals surface area (Å²) in [5.41, 5.74) is 10.8. The molecule has 0 radical (unpaired) electrons. The van der Waals surface area contributed by atoms with Crippen LogP contribution in [0, 0.1) is 6.92 Å². The van der Waals surface area contributed by atoms with E-state index in [4.69, 9.17) is 10.7 Å². The minimum absolute atomic E-state index is 0.425. The Hall–Kier alpha value is -3.45. The molecule has 0 aliphatic carbocycles. The van der Waals surface area contributed by atoms with Crippen molar-refractivity contribution in [1.82, 2.24) is 14.5 Å². The zero-order valence-electron chi connectivity index (χ0n) is 16.0. The minimum Gasteiger partial charge on any atom is -0.366 e. The Morgan fingerprint density at radius 2 is 2.03 bits per heavy atom. The molecule has 146 valence electrons. The van der Waals surface area contributed by atoms with Crippen molar-refractivity contribution in [2.24, 2.45) is 5.73 Å². The number of aromatic nitrogens is 3. The fraction of sp³-hybridized carbons (Fsp3) is 0.136. The van der Waals surface area contributed by atoms with Gasteiger partial charge in [-0.3, -0.25) is 9.78 Å². The van der Waals surface area contributed by atoms with Gasteiger partial charge >= 0.3 is 0 Å². The molecule has 1 amide bonds. The summed E-state index contributed by atoms with van der Waals surface area (Å²) in [6.07, 6.45) is 4.33. The van der Waals surface area contributed by atoms with E-state index in [1.807, 2.05) is 48.7 Å². The lowest BCUT2D eigenvalue weighted by Gasteiger charge is -2.11. The summed E-state index contributed by atoms with van der Waals surface area (Å²) >= 11 is 1.51. The van der Waals surface area contributed by atoms with Crippen molar-refractivity contribution < 1.29 is 4.79 Å². The molecule has 0 unspecified atom stereocenters. The lowest BCUT2D eigenvalue weighted by atomic mass is 10.1. The molecule has 4 aromatic rings. The summed E-state index contributed by atoms with van der Waals surface area (Å²) in [7, 11) is 0. The van der Waals surface area contributed by atoms with Gasteiger partial charge < -0.3 is 15.6 Å². The first-order valence-electron chi connectivity index (χ1n) is 9.28. The summed E-state index contributed by atoms with van der Waals surface area (Å²) in [5.74, 6) is -0.425. The molecule has 0 bridgehead atoms. The molecular weight excluding hydrogens is 382 g/mol. The highest BCUT2D eigenvalue weighted by Crippen LogP contribution is 2.30. The highest BCUT2D eigenvalue weighted by Gasteiger charge is 2.18. The van der Waals surface area contributed by atoms with Gasteiger partial charge in [0.05, 0.1) is 28.8 Å². The van der Waals surface area contributed by atoms with Gasteiger partial charge in [-0.2, -0.15) is 0 Å². The lowest BCUT2D eigenvalue weighted by molar-refractivity contribution is 0.0999. The second-order valence-electron chi connectivity index (χ2n) is 6.68. The molecule has 0 spiro atoms. The van der Waals surface area contributed by atoms with Crippen molar-refractivity contribution in [2.45, 2.75) is 19.9 Å². The smallest absolute Gasteiger partial charge is 0.250 e. The fourth-order valence-electron chi connectivity index (χ4n) is 3.29. The molecule has 7 heteroatoms. The van der Waals surface area contributed by atoms with Gasteiger partial charge in [-0.15, -0.1) is 11.3 Å². The Kier molecular flexibility index (Phi) is 5.39. The number of hydrogen-bond acceptors (Lipinski definition) is 5. The Balaban J connectivity index is 1.64. The maximum atomic E-state index is 11.9. The summed E-state index contributed by atoms with van der Waals surface area (Å²) in [6.45, 7) is 2.66. The minimum atomic E-state index is -0.425. The number of aryl methyl sites for hydroxylation is 1. The predicted octanol–water partition coefficient (Wildman–Crippen LogP) is 4.40. The molecule has 0 saturated carbocycles. The number of nitrogens with two attached hydrogens (primary N) is 1. The van der Waals surface area contributed by atoms with Crippen LogP contribution in [0.4, 0.5) is 10.8 Å². The molecule has 1 aromatic carbocycles. The highest BCUT2D eigenvalue weighted by atomic mass is 32.1. The van der Waals surface area contributed by atoms with E-state index in [0.29, 0.717) is 5.56 Å². The molecule has 0 atom stereocenters. The molecule has 0 fully saturated rings. The van der Waals surface area contributed by atoms with Crippen LogP contribution in [0.2, 0.25) is 0 Å². The average Bonchev–Trinajstić information content (AvgIpc) is 3.32. The van der Waals surface area contributed by atoms with Crippen LogP contribution >= 0.6 is 11.3 Å². The molecule has 3 heterocycles. The maximum absolute atomic E-state index is 11.9. The summed E-state index contributed by atoms with van der Waals surface area (Å²) < 4.78 is 2.12. The van der Waals surface area contributed by atoms with Crippen LogP contribution in [0.15, 0.2) is 66.3 Å². The molecule has 3 aromatic heterocycles. The number of nitrogens with one attached hydrogen (secondary N) is 1. The number of carbonyl (C=O) groups is 1. The molecule has 3 N–H and O–H groups in total. The molecule has 0 aliphatic heterocycles.